The van der Waals surface area contributed by atoms with Crippen molar-refractivity contribution in [3.63, 3.8) is 0 Å². The maximum atomic E-state index is 11.8. The first-order valence-electron chi connectivity index (χ1n) is 6.22. The average Bonchev–Trinajstić information content (AvgIpc) is 2.83. The van der Waals surface area contributed by atoms with Crippen LogP contribution < -0.4 is 4.74 Å². The fraction of sp³-hybridized carbons (Fsp3) is 0.429. The van der Waals surface area contributed by atoms with E-state index in [2.05, 4.69) is 11.6 Å². The predicted molar refractivity (Wildman–Crippen MR) is 69.9 cm³/mol. The summed E-state index contributed by atoms with van der Waals surface area (Å²) in [6.07, 6.45) is 4.61. The minimum absolute atomic E-state index is 0.190. The third kappa shape index (κ3) is 2.76. The van der Waals surface area contributed by atoms with Gasteiger partial charge in [-0.05, 0) is 30.9 Å². The molecular formula is C14H17NO4. The molecule has 1 fully saturated rings. The number of aliphatic hydroxyl groups excluding tert-OH is 1. The monoisotopic (exact) mass is 263 g/mol. The summed E-state index contributed by atoms with van der Waals surface area (Å²) in [5, 5.41) is 9.77. The van der Waals surface area contributed by atoms with E-state index >= 15 is 0 Å². The number of aromatic nitrogens is 1. The molecule has 0 amide bonds. The van der Waals surface area contributed by atoms with Gasteiger partial charge in [-0.2, -0.15) is 0 Å². The van der Waals surface area contributed by atoms with Crippen molar-refractivity contribution in [3.05, 3.63) is 30.0 Å². The van der Waals surface area contributed by atoms with Gasteiger partial charge in [-0.15, -0.1) is 0 Å². The molecule has 19 heavy (non-hydrogen) atoms. The van der Waals surface area contributed by atoms with Gasteiger partial charge in [0.15, 0.2) is 0 Å². The van der Waals surface area contributed by atoms with Gasteiger partial charge in [0.2, 0.25) is 5.88 Å². The van der Waals surface area contributed by atoms with Gasteiger partial charge in [-0.3, -0.25) is 0 Å². The molecule has 0 aromatic carbocycles. The molecule has 0 spiro atoms. The molecule has 2 rings (SSSR count). The molecule has 2 atom stereocenters. The molecule has 102 valence electrons. The third-order valence-corrected chi connectivity index (χ3v) is 3.24. The SMILES string of the molecule is C=Cc1ccnc(O[C@H]2CCC[C@@H]2O)c1C(=O)OC. The molecule has 1 aliphatic rings. The highest BCUT2D eigenvalue weighted by atomic mass is 16.5. The maximum Gasteiger partial charge on any atom is 0.344 e. The number of nitrogens with zero attached hydrogens (tertiary/aromatic N) is 1. The van der Waals surface area contributed by atoms with Gasteiger partial charge in [-0.1, -0.05) is 12.7 Å². The van der Waals surface area contributed by atoms with Gasteiger partial charge in [-0.25, -0.2) is 9.78 Å². The minimum atomic E-state index is -0.523. The van der Waals surface area contributed by atoms with E-state index < -0.39 is 12.1 Å². The molecule has 1 saturated carbocycles. The van der Waals surface area contributed by atoms with Crippen LogP contribution in [0, 0.1) is 0 Å². The molecule has 1 aliphatic carbocycles. The molecule has 1 heterocycles. The highest BCUT2D eigenvalue weighted by Crippen LogP contribution is 2.28. The largest absolute Gasteiger partial charge is 0.471 e. The van der Waals surface area contributed by atoms with Crippen LogP contribution in [0.25, 0.3) is 6.08 Å². The van der Waals surface area contributed by atoms with Crippen LogP contribution in [-0.4, -0.2) is 35.4 Å². The number of rotatable bonds is 4. The first-order chi connectivity index (χ1) is 9.17. The second-order valence-corrected chi connectivity index (χ2v) is 4.43. The molecule has 5 heteroatoms. The van der Waals surface area contributed by atoms with E-state index in [-0.39, 0.29) is 17.5 Å². The molecule has 0 unspecified atom stereocenters. The van der Waals surface area contributed by atoms with Crippen LogP contribution in [0.1, 0.15) is 35.2 Å². The second kappa shape index (κ2) is 5.84. The second-order valence-electron chi connectivity index (χ2n) is 4.43. The summed E-state index contributed by atoms with van der Waals surface area (Å²) in [4.78, 5) is 15.9. The number of aliphatic hydroxyl groups is 1. The van der Waals surface area contributed by atoms with E-state index in [1.165, 1.54) is 7.11 Å². The Bertz CT molecular complexity index is 486. The maximum absolute atomic E-state index is 11.8. The van der Waals surface area contributed by atoms with Gasteiger partial charge < -0.3 is 14.6 Å². The summed E-state index contributed by atoms with van der Waals surface area (Å²) in [5.74, 6) is -0.333. The van der Waals surface area contributed by atoms with Crippen molar-refractivity contribution in [2.75, 3.05) is 7.11 Å². The van der Waals surface area contributed by atoms with Crippen molar-refractivity contribution in [1.82, 2.24) is 4.98 Å². The molecule has 0 radical (unpaired) electrons. The molecular weight excluding hydrogens is 246 g/mol. The summed E-state index contributed by atoms with van der Waals surface area (Å²) in [5.41, 5.74) is 0.850. The first-order valence-corrected chi connectivity index (χ1v) is 6.22. The number of methoxy groups -OCH3 is 1. The Balaban J connectivity index is 2.33. The highest BCUT2D eigenvalue weighted by Gasteiger charge is 2.29. The Hall–Kier alpha value is -1.88. The number of pyridine rings is 1. The van der Waals surface area contributed by atoms with Gasteiger partial charge in [0.1, 0.15) is 11.7 Å². The van der Waals surface area contributed by atoms with Gasteiger partial charge in [0, 0.05) is 6.20 Å². The molecule has 5 nitrogen and oxygen atoms in total. The van der Waals surface area contributed by atoms with Crippen LogP contribution in [0.4, 0.5) is 0 Å². The van der Waals surface area contributed by atoms with Crippen molar-refractivity contribution in [2.24, 2.45) is 0 Å². The first kappa shape index (κ1) is 13.5. The van der Waals surface area contributed by atoms with Crippen LogP contribution in [0.2, 0.25) is 0 Å². The average molecular weight is 263 g/mol. The summed E-state index contributed by atoms with van der Waals surface area (Å²) in [6.45, 7) is 3.66. The predicted octanol–water partition coefficient (Wildman–Crippen LogP) is 1.80. The summed E-state index contributed by atoms with van der Waals surface area (Å²) >= 11 is 0. The van der Waals surface area contributed by atoms with E-state index in [0.717, 1.165) is 12.8 Å². The fourth-order valence-corrected chi connectivity index (χ4v) is 2.21. The molecule has 1 N–H and O–H groups in total. The highest BCUT2D eigenvalue weighted by molar-refractivity contribution is 5.95. The third-order valence-electron chi connectivity index (χ3n) is 3.24. The van der Waals surface area contributed by atoms with Gasteiger partial charge >= 0.3 is 5.97 Å². The van der Waals surface area contributed by atoms with Crippen LogP contribution >= 0.6 is 0 Å². The van der Waals surface area contributed by atoms with Gasteiger partial charge in [0.25, 0.3) is 0 Å². The lowest BCUT2D eigenvalue weighted by Gasteiger charge is -2.18. The minimum Gasteiger partial charge on any atom is -0.471 e. The Morgan fingerprint density at radius 3 is 2.95 bits per heavy atom. The quantitative estimate of drug-likeness (QED) is 0.839. The van der Waals surface area contributed by atoms with Crippen molar-refractivity contribution in [1.29, 1.82) is 0 Å². The van der Waals surface area contributed by atoms with Crippen molar-refractivity contribution >= 4 is 12.0 Å². The van der Waals surface area contributed by atoms with E-state index in [9.17, 15) is 9.90 Å². The lowest BCUT2D eigenvalue weighted by Crippen LogP contribution is -2.27. The Morgan fingerprint density at radius 2 is 2.37 bits per heavy atom. The summed E-state index contributed by atoms with van der Waals surface area (Å²) < 4.78 is 10.4. The molecule has 1 aromatic heterocycles. The number of ether oxygens (including phenoxy) is 2. The molecule has 1 aromatic rings. The molecule has 0 bridgehead atoms. The number of hydrogen-bond acceptors (Lipinski definition) is 5. The topological polar surface area (TPSA) is 68.7 Å². The van der Waals surface area contributed by atoms with Crippen LogP contribution in [0.3, 0.4) is 0 Å². The van der Waals surface area contributed by atoms with E-state index in [1.54, 1.807) is 18.3 Å². The van der Waals surface area contributed by atoms with E-state index in [1.807, 2.05) is 0 Å². The lowest BCUT2D eigenvalue weighted by molar-refractivity contribution is 0.0502. The van der Waals surface area contributed by atoms with E-state index in [4.69, 9.17) is 9.47 Å². The summed E-state index contributed by atoms with van der Waals surface area (Å²) in [6, 6.07) is 1.66. The molecule has 0 aliphatic heterocycles. The normalized spacial score (nSPS) is 22.0. The lowest BCUT2D eigenvalue weighted by atomic mass is 10.1. The van der Waals surface area contributed by atoms with E-state index in [0.29, 0.717) is 12.0 Å². The van der Waals surface area contributed by atoms with Crippen LogP contribution in [-0.2, 0) is 4.74 Å². The number of carbonyl (C=O) groups is 1. The zero-order valence-electron chi connectivity index (χ0n) is 10.8. The van der Waals surface area contributed by atoms with Crippen molar-refractivity contribution in [3.8, 4) is 5.88 Å². The number of hydrogen-bond donors (Lipinski definition) is 1. The Morgan fingerprint density at radius 1 is 1.58 bits per heavy atom. The summed E-state index contributed by atoms with van der Waals surface area (Å²) in [7, 11) is 1.30. The molecule has 0 saturated heterocycles. The zero-order valence-corrected chi connectivity index (χ0v) is 10.8. The standard InChI is InChI=1S/C14H17NO4/c1-3-9-7-8-15-13(12(9)14(17)18-2)19-11-6-4-5-10(11)16/h3,7-8,10-11,16H,1,4-6H2,2H3/t10-,11-/m0/s1. The number of esters is 1. The number of carbonyl (C=O) groups excluding carboxylic acids is 1. The van der Waals surface area contributed by atoms with Crippen LogP contribution in [0.15, 0.2) is 18.8 Å². The fourth-order valence-electron chi connectivity index (χ4n) is 2.21. The Kier molecular flexibility index (Phi) is 4.16. The zero-order chi connectivity index (χ0) is 13.8. The smallest absolute Gasteiger partial charge is 0.344 e. The van der Waals surface area contributed by atoms with Crippen molar-refractivity contribution in [2.45, 2.75) is 31.5 Å². The van der Waals surface area contributed by atoms with Crippen molar-refractivity contribution < 1.29 is 19.4 Å². The van der Waals surface area contributed by atoms with Gasteiger partial charge in [0.05, 0.1) is 13.2 Å². The Labute approximate surface area is 111 Å². The van der Waals surface area contributed by atoms with Crippen LogP contribution in [0.5, 0.6) is 5.88 Å².